The lowest BCUT2D eigenvalue weighted by Gasteiger charge is -2.21. The van der Waals surface area contributed by atoms with Crippen LogP contribution in [-0.2, 0) is 16.1 Å². The van der Waals surface area contributed by atoms with Gasteiger partial charge in [-0.05, 0) is 25.5 Å². The predicted molar refractivity (Wildman–Crippen MR) is 102 cm³/mol. The molecule has 2 rings (SSSR count). The molecule has 1 aromatic carbocycles. The number of aromatic hydroxyl groups is 2. The highest BCUT2D eigenvalue weighted by Gasteiger charge is 2.19. The van der Waals surface area contributed by atoms with E-state index in [0.29, 0.717) is 23.4 Å². The number of aromatic nitrogens is 1. The molecule has 0 unspecified atom stereocenters. The van der Waals surface area contributed by atoms with Crippen LogP contribution in [0.3, 0.4) is 0 Å². The quantitative estimate of drug-likeness (QED) is 0.573. The zero-order chi connectivity index (χ0) is 20.1. The molecular formula is C20H26N2O5. The number of hydrogen-bond donors (Lipinski definition) is 2. The van der Waals surface area contributed by atoms with Gasteiger partial charge in [-0.1, -0.05) is 26.0 Å². The van der Waals surface area contributed by atoms with Crippen molar-refractivity contribution in [2.75, 3.05) is 11.9 Å². The summed E-state index contributed by atoms with van der Waals surface area (Å²) in [6.45, 7) is 5.59. The fourth-order valence-corrected chi connectivity index (χ4v) is 2.76. The molecule has 0 fully saturated rings. The molecule has 0 atom stereocenters. The summed E-state index contributed by atoms with van der Waals surface area (Å²) in [7, 11) is 1.65. The standard InChI is InChI=1S/C20H26N2O5/c1-13(2)19(25)21(4)15-8-5-6-9-16(15)27-18(24)10-7-11-22-17(23)12-14(3)20(22)26/h5-6,8-9,12-13,23,26H,7,10-11H2,1-4H3. The number of aryl methyl sites for hydroxylation is 1. The van der Waals surface area contributed by atoms with Crippen LogP contribution in [0.5, 0.6) is 17.5 Å². The van der Waals surface area contributed by atoms with Gasteiger partial charge in [0, 0.05) is 37.6 Å². The summed E-state index contributed by atoms with van der Waals surface area (Å²) in [5.41, 5.74) is 1.10. The van der Waals surface area contributed by atoms with Crippen LogP contribution >= 0.6 is 0 Å². The molecule has 0 aliphatic rings. The van der Waals surface area contributed by atoms with Gasteiger partial charge >= 0.3 is 5.97 Å². The lowest BCUT2D eigenvalue weighted by Crippen LogP contribution is -2.30. The first-order valence-electron chi connectivity index (χ1n) is 8.87. The van der Waals surface area contributed by atoms with E-state index in [1.54, 1.807) is 52.1 Å². The molecule has 0 saturated carbocycles. The van der Waals surface area contributed by atoms with Crippen molar-refractivity contribution in [3.63, 3.8) is 0 Å². The Bertz CT molecular complexity index is 826. The topological polar surface area (TPSA) is 92.0 Å². The second kappa shape index (κ2) is 8.62. The molecule has 0 spiro atoms. The van der Waals surface area contributed by atoms with Crippen LogP contribution in [0.4, 0.5) is 5.69 Å². The molecule has 1 heterocycles. The molecule has 27 heavy (non-hydrogen) atoms. The first kappa shape index (κ1) is 20.4. The normalized spacial score (nSPS) is 10.9. The maximum Gasteiger partial charge on any atom is 0.311 e. The first-order valence-corrected chi connectivity index (χ1v) is 8.87. The third-order valence-electron chi connectivity index (χ3n) is 4.27. The largest absolute Gasteiger partial charge is 0.494 e. The van der Waals surface area contributed by atoms with E-state index in [1.807, 2.05) is 0 Å². The van der Waals surface area contributed by atoms with Gasteiger partial charge < -0.3 is 19.8 Å². The summed E-state index contributed by atoms with van der Waals surface area (Å²) in [5, 5.41) is 19.6. The van der Waals surface area contributed by atoms with Gasteiger partial charge in [0.25, 0.3) is 0 Å². The van der Waals surface area contributed by atoms with E-state index in [1.165, 1.54) is 15.5 Å². The van der Waals surface area contributed by atoms with Crippen LogP contribution in [0, 0.1) is 12.8 Å². The molecule has 146 valence electrons. The Kier molecular flexibility index (Phi) is 6.50. The maximum atomic E-state index is 12.2. The molecule has 0 radical (unpaired) electrons. The Morgan fingerprint density at radius 2 is 1.89 bits per heavy atom. The minimum atomic E-state index is -0.448. The Morgan fingerprint density at radius 3 is 2.48 bits per heavy atom. The lowest BCUT2D eigenvalue weighted by molar-refractivity contribution is -0.134. The molecule has 0 aliphatic carbocycles. The van der Waals surface area contributed by atoms with E-state index in [0.717, 1.165) is 0 Å². The molecule has 0 aliphatic heterocycles. The van der Waals surface area contributed by atoms with Crippen molar-refractivity contribution >= 4 is 17.6 Å². The summed E-state index contributed by atoms with van der Waals surface area (Å²) in [5.74, 6) is -0.439. The van der Waals surface area contributed by atoms with E-state index in [-0.39, 0.29) is 36.6 Å². The number of anilines is 1. The zero-order valence-electron chi connectivity index (χ0n) is 16.1. The van der Waals surface area contributed by atoms with Gasteiger partial charge in [0.15, 0.2) is 17.5 Å². The Labute approximate surface area is 158 Å². The van der Waals surface area contributed by atoms with Gasteiger partial charge in [0.1, 0.15) is 0 Å². The molecule has 1 aromatic heterocycles. The van der Waals surface area contributed by atoms with Crippen LogP contribution in [0.1, 0.15) is 32.3 Å². The lowest BCUT2D eigenvalue weighted by atomic mass is 10.1. The highest BCUT2D eigenvalue weighted by Crippen LogP contribution is 2.29. The fraction of sp³-hybridized carbons (Fsp3) is 0.400. The van der Waals surface area contributed by atoms with Crippen LogP contribution in [0.15, 0.2) is 30.3 Å². The number of ether oxygens (including phenoxy) is 1. The van der Waals surface area contributed by atoms with Crippen molar-refractivity contribution in [2.45, 2.75) is 40.2 Å². The molecule has 0 bridgehead atoms. The maximum absolute atomic E-state index is 12.2. The van der Waals surface area contributed by atoms with Crippen molar-refractivity contribution in [3.05, 3.63) is 35.9 Å². The summed E-state index contributed by atoms with van der Waals surface area (Å²) in [4.78, 5) is 25.9. The summed E-state index contributed by atoms with van der Waals surface area (Å²) in [6, 6.07) is 8.34. The van der Waals surface area contributed by atoms with Crippen molar-refractivity contribution in [3.8, 4) is 17.5 Å². The van der Waals surface area contributed by atoms with E-state index < -0.39 is 5.97 Å². The molecule has 2 aromatic rings. The molecule has 7 nitrogen and oxygen atoms in total. The van der Waals surface area contributed by atoms with E-state index in [9.17, 15) is 19.8 Å². The minimum Gasteiger partial charge on any atom is -0.494 e. The molecule has 7 heteroatoms. The third kappa shape index (κ3) is 4.81. The number of nitrogens with zero attached hydrogens (tertiary/aromatic N) is 2. The number of hydrogen-bond acceptors (Lipinski definition) is 5. The number of benzene rings is 1. The SMILES string of the molecule is Cc1cc(O)n(CCCC(=O)Oc2ccccc2N(C)C(=O)C(C)C)c1O. The molecule has 0 saturated heterocycles. The second-order valence-electron chi connectivity index (χ2n) is 6.76. The highest BCUT2D eigenvalue weighted by atomic mass is 16.5. The van der Waals surface area contributed by atoms with Gasteiger partial charge in [0.2, 0.25) is 5.91 Å². The van der Waals surface area contributed by atoms with Crippen molar-refractivity contribution in [1.29, 1.82) is 0 Å². The fourth-order valence-electron chi connectivity index (χ4n) is 2.76. The van der Waals surface area contributed by atoms with Crippen LogP contribution in [-0.4, -0.2) is 33.7 Å². The van der Waals surface area contributed by atoms with E-state index in [2.05, 4.69) is 0 Å². The number of carbonyl (C=O) groups is 2. The van der Waals surface area contributed by atoms with E-state index >= 15 is 0 Å². The van der Waals surface area contributed by atoms with Gasteiger partial charge in [0.05, 0.1) is 5.69 Å². The van der Waals surface area contributed by atoms with E-state index in [4.69, 9.17) is 4.74 Å². The number of rotatable bonds is 7. The van der Waals surface area contributed by atoms with Crippen molar-refractivity contribution < 1.29 is 24.5 Å². The zero-order valence-corrected chi connectivity index (χ0v) is 16.1. The number of esters is 1. The number of carbonyl (C=O) groups excluding carboxylic acids is 2. The molecule has 1 amide bonds. The number of para-hydroxylation sites is 2. The van der Waals surface area contributed by atoms with Crippen LogP contribution in [0.2, 0.25) is 0 Å². The average Bonchev–Trinajstić information content (AvgIpc) is 2.86. The van der Waals surface area contributed by atoms with Gasteiger partial charge in [-0.15, -0.1) is 0 Å². The van der Waals surface area contributed by atoms with Crippen molar-refractivity contribution in [2.24, 2.45) is 5.92 Å². The molecule has 2 N–H and O–H groups in total. The predicted octanol–water partition coefficient (Wildman–Crippen LogP) is 3.21. The Morgan fingerprint density at radius 1 is 1.22 bits per heavy atom. The van der Waals surface area contributed by atoms with Crippen LogP contribution in [0.25, 0.3) is 0 Å². The summed E-state index contributed by atoms with van der Waals surface area (Å²) < 4.78 is 6.77. The Hall–Kier alpha value is -2.96. The monoisotopic (exact) mass is 374 g/mol. The van der Waals surface area contributed by atoms with Crippen LogP contribution < -0.4 is 9.64 Å². The van der Waals surface area contributed by atoms with Gasteiger partial charge in [-0.25, -0.2) is 0 Å². The number of amides is 1. The smallest absolute Gasteiger partial charge is 0.311 e. The van der Waals surface area contributed by atoms with Gasteiger partial charge in [-0.2, -0.15) is 0 Å². The summed E-state index contributed by atoms with van der Waals surface area (Å²) >= 11 is 0. The van der Waals surface area contributed by atoms with Crippen molar-refractivity contribution in [1.82, 2.24) is 4.57 Å². The first-order chi connectivity index (χ1) is 12.7. The Balaban J connectivity index is 1.99. The van der Waals surface area contributed by atoms with Gasteiger partial charge in [-0.3, -0.25) is 14.2 Å². The molecular weight excluding hydrogens is 348 g/mol. The second-order valence-corrected chi connectivity index (χ2v) is 6.76. The average molecular weight is 374 g/mol. The third-order valence-corrected chi connectivity index (χ3v) is 4.27. The summed E-state index contributed by atoms with van der Waals surface area (Å²) in [6.07, 6.45) is 0.489. The highest BCUT2D eigenvalue weighted by molar-refractivity contribution is 5.96. The minimum absolute atomic E-state index is 0.0139.